The predicted octanol–water partition coefficient (Wildman–Crippen LogP) is 1.75. The zero-order valence-corrected chi connectivity index (χ0v) is 10.2. The van der Waals surface area contributed by atoms with Crippen LogP contribution in [0, 0.1) is 0 Å². The second kappa shape index (κ2) is 5.77. The summed E-state index contributed by atoms with van der Waals surface area (Å²) in [6.45, 7) is 2.04. The summed E-state index contributed by atoms with van der Waals surface area (Å²) in [5.74, 6) is 2.30. The molecule has 0 spiro atoms. The van der Waals surface area contributed by atoms with Crippen LogP contribution in [0.4, 0.5) is 0 Å². The maximum absolute atomic E-state index is 5.71. The minimum absolute atomic E-state index is 0.670. The van der Waals surface area contributed by atoms with Crippen molar-refractivity contribution in [1.82, 2.24) is 0 Å². The lowest BCUT2D eigenvalue weighted by Crippen LogP contribution is -2.03. The third kappa shape index (κ3) is 2.64. The molecule has 1 aliphatic heterocycles. The van der Waals surface area contributed by atoms with Gasteiger partial charge < -0.3 is 19.9 Å². The molecule has 17 heavy (non-hydrogen) atoms. The molecule has 4 nitrogen and oxygen atoms in total. The number of aryl methyl sites for hydroxylation is 1. The monoisotopic (exact) mass is 237 g/mol. The first-order valence-electron chi connectivity index (χ1n) is 6.02. The van der Waals surface area contributed by atoms with Gasteiger partial charge in [-0.1, -0.05) is 6.07 Å². The maximum atomic E-state index is 5.71. The fourth-order valence-electron chi connectivity index (χ4n) is 1.96. The molecule has 0 radical (unpaired) electrons. The highest BCUT2D eigenvalue weighted by molar-refractivity contribution is 5.56. The molecular weight excluding hydrogens is 218 g/mol. The topological polar surface area (TPSA) is 53.7 Å². The van der Waals surface area contributed by atoms with E-state index in [2.05, 4.69) is 0 Å². The lowest BCUT2D eigenvalue weighted by Gasteiger charge is -2.15. The molecule has 0 unspecified atom stereocenters. The Bertz CT molecular complexity index is 379. The number of hydrogen-bond acceptors (Lipinski definition) is 4. The second-order valence-electron chi connectivity index (χ2n) is 4.03. The highest BCUT2D eigenvalue weighted by Crippen LogP contribution is 2.41. The molecule has 0 saturated heterocycles. The Morgan fingerprint density at radius 1 is 1.29 bits per heavy atom. The largest absolute Gasteiger partial charge is 0.492 e. The molecule has 94 valence electrons. The number of fused-ring (bicyclic) bond motifs is 1. The fraction of sp³-hybridized carbons (Fsp3) is 0.538. The van der Waals surface area contributed by atoms with E-state index < -0.39 is 0 Å². The van der Waals surface area contributed by atoms with Gasteiger partial charge in [-0.2, -0.15) is 0 Å². The summed E-state index contributed by atoms with van der Waals surface area (Å²) < 4.78 is 16.8. The van der Waals surface area contributed by atoms with Crippen LogP contribution in [0.5, 0.6) is 17.2 Å². The van der Waals surface area contributed by atoms with Gasteiger partial charge in [0, 0.05) is 6.42 Å². The first-order valence-corrected chi connectivity index (χ1v) is 6.02. The van der Waals surface area contributed by atoms with E-state index in [9.17, 15) is 0 Å². The molecule has 0 aliphatic carbocycles. The molecule has 1 heterocycles. The molecule has 1 aromatic carbocycles. The molecule has 0 atom stereocenters. The molecule has 4 heteroatoms. The smallest absolute Gasteiger partial charge is 0.203 e. The van der Waals surface area contributed by atoms with Gasteiger partial charge in [0.1, 0.15) is 0 Å². The molecule has 2 rings (SSSR count). The molecular formula is C13H19NO3. The zero-order chi connectivity index (χ0) is 12.1. The number of ether oxygens (including phenoxy) is 3. The van der Waals surface area contributed by atoms with E-state index >= 15 is 0 Å². The van der Waals surface area contributed by atoms with Crippen LogP contribution in [0.25, 0.3) is 0 Å². The van der Waals surface area contributed by atoms with Gasteiger partial charge >= 0.3 is 0 Å². The zero-order valence-electron chi connectivity index (χ0n) is 10.2. The standard InChI is InChI=1S/C13H19NO3/c1-15-12-10(4-2-7-14)5-6-11-13(12)17-9-3-8-16-11/h5-6H,2-4,7-9,14H2,1H3. The summed E-state index contributed by atoms with van der Waals surface area (Å²) in [7, 11) is 1.66. The molecule has 0 aromatic heterocycles. The third-order valence-electron chi connectivity index (χ3n) is 2.80. The molecule has 1 aliphatic rings. The maximum Gasteiger partial charge on any atom is 0.203 e. The van der Waals surface area contributed by atoms with Gasteiger partial charge in [-0.15, -0.1) is 0 Å². The van der Waals surface area contributed by atoms with E-state index in [0.29, 0.717) is 19.8 Å². The van der Waals surface area contributed by atoms with Crippen molar-refractivity contribution < 1.29 is 14.2 Å². The van der Waals surface area contributed by atoms with E-state index in [-0.39, 0.29) is 0 Å². The Balaban J connectivity index is 2.32. The molecule has 0 saturated carbocycles. The van der Waals surface area contributed by atoms with Crippen molar-refractivity contribution in [2.75, 3.05) is 26.9 Å². The van der Waals surface area contributed by atoms with Crippen LogP contribution in [0.15, 0.2) is 12.1 Å². The first kappa shape index (κ1) is 12.0. The highest BCUT2D eigenvalue weighted by atomic mass is 16.5. The fourth-order valence-corrected chi connectivity index (χ4v) is 1.96. The van der Waals surface area contributed by atoms with Crippen molar-refractivity contribution in [2.45, 2.75) is 19.3 Å². The van der Waals surface area contributed by atoms with Crippen LogP contribution in [0.1, 0.15) is 18.4 Å². The van der Waals surface area contributed by atoms with E-state index in [4.69, 9.17) is 19.9 Å². The number of nitrogens with two attached hydrogens (primary N) is 1. The molecule has 2 N–H and O–H groups in total. The average molecular weight is 237 g/mol. The van der Waals surface area contributed by atoms with Crippen molar-refractivity contribution in [1.29, 1.82) is 0 Å². The first-order chi connectivity index (χ1) is 8.36. The van der Waals surface area contributed by atoms with E-state index in [1.165, 1.54) is 0 Å². The third-order valence-corrected chi connectivity index (χ3v) is 2.80. The number of benzene rings is 1. The number of hydrogen-bond donors (Lipinski definition) is 1. The van der Waals surface area contributed by atoms with Crippen molar-refractivity contribution in [2.24, 2.45) is 5.73 Å². The Labute approximate surface area is 102 Å². The van der Waals surface area contributed by atoms with Crippen LogP contribution in [0.3, 0.4) is 0 Å². The molecule has 0 amide bonds. The summed E-state index contributed by atoms with van der Waals surface area (Å²) >= 11 is 0. The second-order valence-corrected chi connectivity index (χ2v) is 4.03. The van der Waals surface area contributed by atoms with Crippen LogP contribution in [-0.2, 0) is 6.42 Å². The summed E-state index contributed by atoms with van der Waals surface area (Å²) in [6.07, 6.45) is 2.74. The van der Waals surface area contributed by atoms with E-state index in [0.717, 1.165) is 42.1 Å². The van der Waals surface area contributed by atoms with E-state index in [1.807, 2.05) is 12.1 Å². The summed E-state index contributed by atoms with van der Waals surface area (Å²) in [4.78, 5) is 0. The normalized spacial score (nSPS) is 14.2. The number of rotatable bonds is 4. The average Bonchev–Trinajstić information content (AvgIpc) is 2.60. The van der Waals surface area contributed by atoms with Gasteiger partial charge in [-0.05, 0) is 31.0 Å². The molecule has 0 bridgehead atoms. The number of methoxy groups -OCH3 is 1. The van der Waals surface area contributed by atoms with Gasteiger partial charge in [0.25, 0.3) is 0 Å². The lowest BCUT2D eigenvalue weighted by atomic mass is 10.1. The SMILES string of the molecule is COc1c(CCCN)ccc2c1OCCCO2. The van der Waals surface area contributed by atoms with Gasteiger partial charge in [-0.3, -0.25) is 0 Å². The summed E-state index contributed by atoms with van der Waals surface area (Å²) in [6, 6.07) is 3.98. The Hall–Kier alpha value is -1.42. The van der Waals surface area contributed by atoms with Gasteiger partial charge in [0.05, 0.1) is 20.3 Å². The van der Waals surface area contributed by atoms with Crippen molar-refractivity contribution >= 4 is 0 Å². The Morgan fingerprint density at radius 2 is 2.12 bits per heavy atom. The van der Waals surface area contributed by atoms with Gasteiger partial charge in [-0.25, -0.2) is 0 Å². The van der Waals surface area contributed by atoms with Crippen molar-refractivity contribution in [3.8, 4) is 17.2 Å². The predicted molar refractivity (Wildman–Crippen MR) is 66.0 cm³/mol. The van der Waals surface area contributed by atoms with Crippen LogP contribution in [-0.4, -0.2) is 26.9 Å². The summed E-state index contributed by atoms with van der Waals surface area (Å²) in [5, 5.41) is 0. The van der Waals surface area contributed by atoms with Crippen LogP contribution >= 0.6 is 0 Å². The molecule has 1 aromatic rings. The highest BCUT2D eigenvalue weighted by Gasteiger charge is 2.18. The van der Waals surface area contributed by atoms with Crippen LogP contribution < -0.4 is 19.9 Å². The van der Waals surface area contributed by atoms with Crippen molar-refractivity contribution in [3.05, 3.63) is 17.7 Å². The van der Waals surface area contributed by atoms with Gasteiger partial charge in [0.2, 0.25) is 5.75 Å². The minimum Gasteiger partial charge on any atom is -0.492 e. The lowest BCUT2D eigenvalue weighted by molar-refractivity contribution is 0.288. The van der Waals surface area contributed by atoms with Crippen molar-refractivity contribution in [3.63, 3.8) is 0 Å². The van der Waals surface area contributed by atoms with Crippen LogP contribution in [0.2, 0.25) is 0 Å². The van der Waals surface area contributed by atoms with Gasteiger partial charge in [0.15, 0.2) is 11.5 Å². The van der Waals surface area contributed by atoms with E-state index in [1.54, 1.807) is 7.11 Å². The Kier molecular flexibility index (Phi) is 4.09. The summed E-state index contributed by atoms with van der Waals surface area (Å²) in [5.41, 5.74) is 6.66. The molecule has 0 fully saturated rings. The minimum atomic E-state index is 0.670. The quantitative estimate of drug-likeness (QED) is 0.866. The Morgan fingerprint density at radius 3 is 2.88 bits per heavy atom.